The topological polar surface area (TPSA) is 79.9 Å². The molecule has 0 aromatic heterocycles. The van der Waals surface area contributed by atoms with Gasteiger partial charge in [0.2, 0.25) is 5.91 Å². The third kappa shape index (κ3) is 6.47. The molecule has 0 aliphatic carbocycles. The maximum atomic E-state index is 12.8. The van der Waals surface area contributed by atoms with Crippen molar-refractivity contribution in [1.29, 1.82) is 0 Å². The Morgan fingerprint density at radius 3 is 2.40 bits per heavy atom. The number of anilines is 2. The lowest BCUT2D eigenvalue weighted by atomic mass is 10.0. The van der Waals surface area contributed by atoms with Crippen molar-refractivity contribution in [3.8, 4) is 16.9 Å². The summed E-state index contributed by atoms with van der Waals surface area (Å²) >= 11 is 0. The normalized spacial score (nSPS) is 15.9. The highest BCUT2D eigenvalue weighted by atomic mass is 16.5. The van der Waals surface area contributed by atoms with Gasteiger partial charge in [-0.3, -0.25) is 14.5 Å². The van der Waals surface area contributed by atoms with E-state index in [9.17, 15) is 9.59 Å². The van der Waals surface area contributed by atoms with Gasteiger partial charge >= 0.3 is 0 Å². The van der Waals surface area contributed by atoms with Gasteiger partial charge < -0.3 is 20.1 Å². The Kier molecular flexibility index (Phi) is 8.13. The number of rotatable bonds is 8. The minimum absolute atomic E-state index is 0.139. The Hall–Kier alpha value is -3.68. The van der Waals surface area contributed by atoms with E-state index < -0.39 is 0 Å². The largest absolute Gasteiger partial charge is 0.495 e. The van der Waals surface area contributed by atoms with Gasteiger partial charge in [0, 0.05) is 24.9 Å². The van der Waals surface area contributed by atoms with E-state index in [-0.39, 0.29) is 24.5 Å². The number of piperidine rings is 1. The molecule has 4 rings (SSSR count). The molecule has 0 bridgehead atoms. The fourth-order valence-electron chi connectivity index (χ4n) is 4.27. The molecule has 1 fully saturated rings. The molecule has 2 N–H and O–H groups in total. The lowest BCUT2D eigenvalue weighted by Gasteiger charge is -2.31. The van der Waals surface area contributed by atoms with Gasteiger partial charge in [-0.05, 0) is 60.8 Å². The van der Waals surface area contributed by atoms with Crippen molar-refractivity contribution in [3.05, 3.63) is 78.4 Å². The van der Waals surface area contributed by atoms with Crippen LogP contribution in [0.2, 0.25) is 0 Å². The van der Waals surface area contributed by atoms with Crippen LogP contribution in [0.5, 0.6) is 5.75 Å². The summed E-state index contributed by atoms with van der Waals surface area (Å²) in [6, 6.07) is 22.7. The summed E-state index contributed by atoms with van der Waals surface area (Å²) in [5, 5.41) is 5.83. The first-order valence-electron chi connectivity index (χ1n) is 11.8. The van der Waals surface area contributed by atoms with E-state index in [1.165, 1.54) is 0 Å². The number of likely N-dealkylation sites (tertiary alicyclic amines) is 1. The molecular formula is C28H31N3O4. The molecule has 3 aromatic rings. The Morgan fingerprint density at radius 2 is 1.69 bits per heavy atom. The molecule has 0 radical (unpaired) electrons. The van der Waals surface area contributed by atoms with Crippen LogP contribution in [-0.2, 0) is 9.53 Å². The van der Waals surface area contributed by atoms with Crippen LogP contribution in [0.1, 0.15) is 23.2 Å². The monoisotopic (exact) mass is 473 g/mol. The van der Waals surface area contributed by atoms with Gasteiger partial charge in [-0.1, -0.05) is 42.5 Å². The summed E-state index contributed by atoms with van der Waals surface area (Å²) in [5.74, 6) is 0.156. The fourth-order valence-corrected chi connectivity index (χ4v) is 4.27. The highest BCUT2D eigenvalue weighted by molar-refractivity contribution is 6.05. The number of carbonyl (C=O) groups is 2. The molecule has 7 nitrogen and oxygen atoms in total. The number of methoxy groups -OCH3 is 2. The van der Waals surface area contributed by atoms with E-state index in [4.69, 9.17) is 9.47 Å². The number of hydrogen-bond donors (Lipinski definition) is 2. The van der Waals surface area contributed by atoms with E-state index in [0.717, 1.165) is 37.1 Å². The van der Waals surface area contributed by atoms with Crippen LogP contribution < -0.4 is 15.4 Å². The first-order chi connectivity index (χ1) is 17.1. The minimum atomic E-state index is -0.231. The number of nitrogens with zero attached hydrogens (tertiary/aromatic N) is 1. The zero-order valence-electron chi connectivity index (χ0n) is 20.1. The van der Waals surface area contributed by atoms with Gasteiger partial charge in [-0.25, -0.2) is 0 Å². The van der Waals surface area contributed by atoms with Crippen LogP contribution in [0.25, 0.3) is 11.1 Å². The molecule has 182 valence electrons. The van der Waals surface area contributed by atoms with Crippen LogP contribution in [0.4, 0.5) is 11.4 Å². The molecule has 7 heteroatoms. The Balaban J connectivity index is 1.40. The van der Waals surface area contributed by atoms with Crippen molar-refractivity contribution < 1.29 is 19.1 Å². The van der Waals surface area contributed by atoms with Crippen molar-refractivity contribution in [2.24, 2.45) is 0 Å². The second-order valence-electron chi connectivity index (χ2n) is 8.60. The molecule has 1 saturated heterocycles. The maximum Gasteiger partial charge on any atom is 0.255 e. The molecule has 1 heterocycles. The molecule has 1 atom stereocenters. The summed E-state index contributed by atoms with van der Waals surface area (Å²) in [5.41, 5.74) is 3.76. The number of carbonyl (C=O) groups excluding carboxylic acids is 2. The van der Waals surface area contributed by atoms with Gasteiger partial charge in [-0.15, -0.1) is 0 Å². The van der Waals surface area contributed by atoms with E-state index in [1.807, 2.05) is 42.5 Å². The lowest BCUT2D eigenvalue weighted by Crippen LogP contribution is -2.43. The highest BCUT2D eigenvalue weighted by Gasteiger charge is 2.21. The average Bonchev–Trinajstić information content (AvgIpc) is 2.89. The highest BCUT2D eigenvalue weighted by Crippen LogP contribution is 2.28. The van der Waals surface area contributed by atoms with Gasteiger partial charge in [0.1, 0.15) is 5.75 Å². The Labute approximate surface area is 206 Å². The number of hydrogen-bond acceptors (Lipinski definition) is 5. The molecule has 0 saturated carbocycles. The third-order valence-corrected chi connectivity index (χ3v) is 6.15. The van der Waals surface area contributed by atoms with Crippen molar-refractivity contribution in [1.82, 2.24) is 4.90 Å². The Bertz CT molecular complexity index is 1150. The third-order valence-electron chi connectivity index (χ3n) is 6.15. The minimum Gasteiger partial charge on any atom is -0.495 e. The first kappa shape index (κ1) is 24.4. The smallest absolute Gasteiger partial charge is 0.255 e. The van der Waals surface area contributed by atoms with Crippen molar-refractivity contribution in [2.75, 3.05) is 44.5 Å². The number of amides is 2. The van der Waals surface area contributed by atoms with Gasteiger partial charge in [0.15, 0.2) is 0 Å². The maximum absolute atomic E-state index is 12.8. The summed E-state index contributed by atoms with van der Waals surface area (Å²) in [7, 11) is 3.25. The molecule has 0 spiro atoms. The molecule has 1 unspecified atom stereocenters. The molecule has 35 heavy (non-hydrogen) atoms. The van der Waals surface area contributed by atoms with Crippen LogP contribution in [0, 0.1) is 0 Å². The van der Waals surface area contributed by atoms with Crippen molar-refractivity contribution >= 4 is 23.2 Å². The molecule has 3 aromatic carbocycles. The van der Waals surface area contributed by atoms with Crippen LogP contribution in [-0.4, -0.2) is 56.7 Å². The number of benzene rings is 3. The van der Waals surface area contributed by atoms with Crippen LogP contribution in [0.15, 0.2) is 72.8 Å². The van der Waals surface area contributed by atoms with Crippen molar-refractivity contribution in [2.45, 2.75) is 18.9 Å². The average molecular weight is 474 g/mol. The van der Waals surface area contributed by atoms with E-state index >= 15 is 0 Å². The quantitative estimate of drug-likeness (QED) is 0.497. The van der Waals surface area contributed by atoms with E-state index in [2.05, 4.69) is 15.5 Å². The molecule has 2 amide bonds. The molecular weight excluding hydrogens is 442 g/mol. The number of ether oxygens (including phenoxy) is 2. The summed E-state index contributed by atoms with van der Waals surface area (Å²) < 4.78 is 10.9. The summed E-state index contributed by atoms with van der Waals surface area (Å²) in [6.07, 6.45) is 2.17. The molecule has 1 aliphatic heterocycles. The zero-order chi connectivity index (χ0) is 24.6. The summed E-state index contributed by atoms with van der Waals surface area (Å²) in [6.45, 7) is 1.87. The van der Waals surface area contributed by atoms with Gasteiger partial charge in [-0.2, -0.15) is 0 Å². The van der Waals surface area contributed by atoms with Gasteiger partial charge in [0.25, 0.3) is 5.91 Å². The SMILES string of the molecule is COc1ccc(NC(=O)c2ccc(-c3ccccc3)cc2)cc1NC(=O)CN1CCCC(OC)C1. The zero-order valence-corrected chi connectivity index (χ0v) is 20.1. The molecule has 1 aliphatic rings. The van der Waals surface area contributed by atoms with Gasteiger partial charge in [0.05, 0.1) is 25.4 Å². The van der Waals surface area contributed by atoms with Crippen molar-refractivity contribution in [3.63, 3.8) is 0 Å². The van der Waals surface area contributed by atoms with E-state index in [1.54, 1.807) is 44.6 Å². The second-order valence-corrected chi connectivity index (χ2v) is 8.60. The predicted molar refractivity (Wildman–Crippen MR) is 138 cm³/mol. The number of nitrogens with one attached hydrogen (secondary N) is 2. The standard InChI is InChI=1S/C28H31N3O4/c1-34-24-9-6-16-31(18-24)19-27(32)30-25-17-23(14-15-26(25)35-2)29-28(33)22-12-10-21(11-13-22)20-7-4-3-5-8-20/h3-5,7-8,10-15,17,24H,6,9,16,18-19H2,1-2H3,(H,29,33)(H,30,32). The Morgan fingerprint density at radius 1 is 0.943 bits per heavy atom. The van der Waals surface area contributed by atoms with Crippen LogP contribution >= 0.6 is 0 Å². The lowest BCUT2D eigenvalue weighted by molar-refractivity contribution is -0.118. The predicted octanol–water partition coefficient (Wildman–Crippen LogP) is 4.66. The van der Waals surface area contributed by atoms with E-state index in [0.29, 0.717) is 22.7 Å². The first-order valence-corrected chi connectivity index (χ1v) is 11.8. The second kappa shape index (κ2) is 11.6. The fraction of sp³-hybridized carbons (Fsp3) is 0.286. The summed E-state index contributed by atoms with van der Waals surface area (Å²) in [4.78, 5) is 27.6. The van der Waals surface area contributed by atoms with Crippen LogP contribution in [0.3, 0.4) is 0 Å².